The van der Waals surface area contributed by atoms with Crippen LogP contribution in [0.2, 0.25) is 0 Å². The second kappa shape index (κ2) is 12.0. The monoisotopic (exact) mass is 573 g/mol. The Morgan fingerprint density at radius 3 is 2.48 bits per heavy atom. The van der Waals surface area contributed by atoms with Crippen molar-refractivity contribution in [3.63, 3.8) is 0 Å². The molecule has 5 rings (SSSR count). The number of piperazine rings is 1. The lowest BCUT2D eigenvalue weighted by molar-refractivity contribution is 0.0542. The lowest BCUT2D eigenvalue weighted by Crippen LogP contribution is -2.47. The van der Waals surface area contributed by atoms with E-state index < -0.39 is 11.7 Å². The molecule has 4 aromatic rings. The molecule has 0 aliphatic carbocycles. The first-order valence-corrected chi connectivity index (χ1v) is 14.1. The Labute approximate surface area is 246 Å². The fraction of sp³-hybridized carbons (Fsp3) is 0.406. The minimum atomic E-state index is -0.608. The Kier molecular flexibility index (Phi) is 8.38. The van der Waals surface area contributed by atoms with E-state index in [-0.39, 0.29) is 12.0 Å². The topological polar surface area (TPSA) is 102 Å². The Balaban J connectivity index is 1.50. The van der Waals surface area contributed by atoms with Crippen LogP contribution in [0.5, 0.6) is 5.75 Å². The molecule has 0 saturated carbocycles. The number of rotatable bonds is 7. The first-order valence-electron chi connectivity index (χ1n) is 14.1. The minimum Gasteiger partial charge on any atom is -0.496 e. The van der Waals surface area contributed by atoms with Crippen molar-refractivity contribution in [2.75, 3.05) is 33.9 Å². The molecular formula is C32H39N5O5. The molecule has 1 N–H and O–H groups in total. The van der Waals surface area contributed by atoms with E-state index in [0.717, 1.165) is 58.8 Å². The first kappa shape index (κ1) is 29.3. The molecule has 1 aliphatic rings. The van der Waals surface area contributed by atoms with Crippen LogP contribution < -0.4 is 4.74 Å². The number of hydrogen-bond acceptors (Lipinski definition) is 8. The van der Waals surface area contributed by atoms with Gasteiger partial charge in [-0.3, -0.25) is 14.4 Å². The van der Waals surface area contributed by atoms with Crippen LogP contribution >= 0.6 is 0 Å². The van der Waals surface area contributed by atoms with Gasteiger partial charge in [-0.25, -0.2) is 14.6 Å². The van der Waals surface area contributed by atoms with Crippen molar-refractivity contribution in [3.05, 3.63) is 83.1 Å². The summed E-state index contributed by atoms with van der Waals surface area (Å²) in [6.07, 6.45) is 4.98. The molecule has 2 aromatic heterocycles. The summed E-state index contributed by atoms with van der Waals surface area (Å²) in [6, 6.07) is 11.6. The van der Waals surface area contributed by atoms with Crippen LogP contribution in [0.4, 0.5) is 4.79 Å². The lowest BCUT2D eigenvalue weighted by atomic mass is 9.98. The van der Waals surface area contributed by atoms with Crippen LogP contribution in [-0.2, 0) is 22.6 Å². The number of aromatic nitrogens is 3. The van der Waals surface area contributed by atoms with E-state index in [1.807, 2.05) is 70.3 Å². The maximum absolute atomic E-state index is 13.1. The highest BCUT2D eigenvalue weighted by atomic mass is 16.6. The third-order valence-corrected chi connectivity index (χ3v) is 7.62. The van der Waals surface area contributed by atoms with E-state index in [1.54, 1.807) is 24.1 Å². The number of aryl methyl sites for hydroxylation is 1. The summed E-state index contributed by atoms with van der Waals surface area (Å²) in [5.41, 5.74) is 3.76. The average Bonchev–Trinajstić information content (AvgIpc) is 3.64. The normalized spacial score (nSPS) is 16.5. The van der Waals surface area contributed by atoms with Gasteiger partial charge in [-0.05, 0) is 63.1 Å². The third-order valence-electron chi connectivity index (χ3n) is 7.62. The van der Waals surface area contributed by atoms with Gasteiger partial charge in [0.25, 0.3) is 0 Å². The predicted molar refractivity (Wildman–Crippen MR) is 160 cm³/mol. The first-order chi connectivity index (χ1) is 20.1. The molecule has 222 valence electrons. The number of ether oxygens (including phenoxy) is 3. The molecular weight excluding hydrogens is 534 g/mol. The molecule has 0 spiro atoms. The number of hydrogen-bond donors (Lipinski definition) is 1. The molecule has 0 bridgehead atoms. The third kappa shape index (κ3) is 6.19. The predicted octanol–water partition coefficient (Wildman–Crippen LogP) is 5.31. The number of methoxy groups -OCH3 is 2. The van der Waals surface area contributed by atoms with Crippen LogP contribution in [-0.4, -0.2) is 75.9 Å². The fourth-order valence-corrected chi connectivity index (χ4v) is 5.66. The van der Waals surface area contributed by atoms with Crippen molar-refractivity contribution in [3.8, 4) is 5.75 Å². The Morgan fingerprint density at radius 1 is 1.07 bits per heavy atom. The van der Waals surface area contributed by atoms with Gasteiger partial charge in [-0.1, -0.05) is 12.1 Å². The van der Waals surface area contributed by atoms with Gasteiger partial charge < -0.3 is 19.2 Å². The number of imidazole rings is 1. The Bertz CT molecular complexity index is 1550. The summed E-state index contributed by atoms with van der Waals surface area (Å²) < 4.78 is 18.1. The summed E-state index contributed by atoms with van der Waals surface area (Å²) in [7, 11) is 3.07. The Morgan fingerprint density at radius 2 is 1.83 bits per heavy atom. The number of H-pyrrole nitrogens is 1. The van der Waals surface area contributed by atoms with Crippen molar-refractivity contribution in [2.24, 2.45) is 0 Å². The van der Waals surface area contributed by atoms with E-state index in [9.17, 15) is 9.59 Å². The van der Waals surface area contributed by atoms with Gasteiger partial charge in [0.05, 0.1) is 31.8 Å². The highest BCUT2D eigenvalue weighted by molar-refractivity contribution is 5.95. The zero-order valence-electron chi connectivity index (χ0n) is 25.1. The van der Waals surface area contributed by atoms with Crippen LogP contribution in [0.1, 0.15) is 59.7 Å². The standard InChI is InChI=1S/C32H39N5O5/c1-21-17-27(40-5)25(24-11-14-37(29(21)24)31(39)42-32(2,3)4)18-36-16-15-35(20-28-33-12-13-34-28)19-26(36)22-7-9-23(10-8-22)30(38)41-6/h7-14,17,26H,15-16,18-20H2,1-6H3,(H,33,34)/t26-/m0/s1. The van der Waals surface area contributed by atoms with E-state index in [0.29, 0.717) is 18.7 Å². The van der Waals surface area contributed by atoms with Gasteiger partial charge >= 0.3 is 12.1 Å². The summed E-state index contributed by atoms with van der Waals surface area (Å²) in [5, 5.41) is 0.954. The van der Waals surface area contributed by atoms with Crippen molar-refractivity contribution < 1.29 is 23.8 Å². The molecule has 10 nitrogen and oxygen atoms in total. The van der Waals surface area contributed by atoms with E-state index in [2.05, 4.69) is 19.8 Å². The van der Waals surface area contributed by atoms with Gasteiger partial charge in [0.15, 0.2) is 0 Å². The molecule has 1 atom stereocenters. The van der Waals surface area contributed by atoms with Gasteiger partial charge in [-0.15, -0.1) is 0 Å². The molecule has 1 aliphatic heterocycles. The van der Waals surface area contributed by atoms with Crippen molar-refractivity contribution in [1.82, 2.24) is 24.3 Å². The van der Waals surface area contributed by atoms with Crippen molar-refractivity contribution in [1.29, 1.82) is 0 Å². The molecule has 0 radical (unpaired) electrons. The molecule has 1 saturated heterocycles. The van der Waals surface area contributed by atoms with Crippen LogP contribution in [0.3, 0.4) is 0 Å². The highest BCUT2D eigenvalue weighted by Crippen LogP contribution is 2.36. The van der Waals surface area contributed by atoms with Gasteiger partial charge in [0.2, 0.25) is 0 Å². The number of carbonyl (C=O) groups excluding carboxylic acids is 2. The summed E-state index contributed by atoms with van der Waals surface area (Å²) >= 11 is 0. The van der Waals surface area contributed by atoms with Crippen LogP contribution in [0.25, 0.3) is 10.9 Å². The second-order valence-corrected chi connectivity index (χ2v) is 11.7. The van der Waals surface area contributed by atoms with Gasteiger partial charge in [-0.2, -0.15) is 0 Å². The number of carbonyl (C=O) groups is 2. The SMILES string of the molecule is COC(=O)c1ccc([C@@H]2CN(Cc3ncc[nH]3)CCN2Cc2c(OC)cc(C)c3c2ccn3C(=O)OC(C)(C)C)cc1. The number of esters is 1. The Hall–Kier alpha value is -4.15. The van der Waals surface area contributed by atoms with Gasteiger partial charge in [0.1, 0.15) is 17.2 Å². The fourth-order valence-electron chi connectivity index (χ4n) is 5.66. The number of aromatic amines is 1. The molecule has 42 heavy (non-hydrogen) atoms. The molecule has 3 heterocycles. The van der Waals surface area contributed by atoms with Crippen LogP contribution in [0.15, 0.2) is 55.0 Å². The molecule has 1 fully saturated rings. The quantitative estimate of drug-likeness (QED) is 0.297. The van der Waals surface area contributed by atoms with Crippen LogP contribution in [0, 0.1) is 6.92 Å². The number of fused-ring (bicyclic) bond motifs is 1. The van der Waals surface area contributed by atoms with Crippen molar-refractivity contribution >= 4 is 23.0 Å². The second-order valence-electron chi connectivity index (χ2n) is 11.7. The molecule has 0 unspecified atom stereocenters. The average molecular weight is 574 g/mol. The van der Waals surface area contributed by atoms with E-state index >= 15 is 0 Å². The summed E-state index contributed by atoms with van der Waals surface area (Å²) in [5.74, 6) is 1.34. The summed E-state index contributed by atoms with van der Waals surface area (Å²) in [6.45, 7) is 11.3. The zero-order chi connectivity index (χ0) is 30.0. The highest BCUT2D eigenvalue weighted by Gasteiger charge is 2.31. The maximum atomic E-state index is 13.1. The van der Waals surface area contributed by atoms with Gasteiger partial charge in [0, 0.05) is 61.8 Å². The number of benzene rings is 2. The smallest absolute Gasteiger partial charge is 0.419 e. The number of nitrogens with one attached hydrogen (secondary N) is 1. The lowest BCUT2D eigenvalue weighted by Gasteiger charge is -2.42. The van der Waals surface area contributed by atoms with Crippen molar-refractivity contribution in [2.45, 2.75) is 52.4 Å². The number of nitrogens with zero attached hydrogens (tertiary/aromatic N) is 4. The summed E-state index contributed by atoms with van der Waals surface area (Å²) in [4.78, 5) is 37.6. The minimum absolute atomic E-state index is 0.0365. The molecule has 2 aromatic carbocycles. The van der Waals surface area contributed by atoms with E-state index in [1.165, 1.54) is 7.11 Å². The maximum Gasteiger partial charge on any atom is 0.419 e. The largest absolute Gasteiger partial charge is 0.496 e. The zero-order valence-corrected chi connectivity index (χ0v) is 25.1. The molecule has 0 amide bonds. The van der Waals surface area contributed by atoms with E-state index in [4.69, 9.17) is 14.2 Å². The molecule has 10 heteroatoms.